The molecule has 19 heavy (non-hydrogen) atoms. The molecule has 1 aliphatic rings. The molecule has 1 aliphatic heterocycles. The number of alkyl halides is 1. The molecule has 0 bridgehead atoms. The van der Waals surface area contributed by atoms with Gasteiger partial charge in [-0.1, -0.05) is 13.3 Å². The second-order valence-electron chi connectivity index (χ2n) is 5.07. The van der Waals surface area contributed by atoms with Crippen LogP contribution in [-0.4, -0.2) is 28.4 Å². The van der Waals surface area contributed by atoms with Gasteiger partial charge in [-0.3, -0.25) is 4.79 Å². The highest BCUT2D eigenvalue weighted by Crippen LogP contribution is 2.22. The fraction of sp³-hybridized carbons (Fsp3) is 0.714. The van der Waals surface area contributed by atoms with E-state index in [4.69, 9.17) is 11.6 Å². The molecule has 1 saturated heterocycles. The van der Waals surface area contributed by atoms with E-state index in [2.05, 4.69) is 16.8 Å². The molecule has 3 nitrogen and oxygen atoms in total. The number of likely N-dealkylation sites (tertiary alicyclic amines) is 1. The number of hydrogen-bond acceptors (Lipinski definition) is 3. The molecule has 0 aromatic carbocycles. The highest BCUT2D eigenvalue weighted by atomic mass is 35.5. The number of piperidine rings is 1. The summed E-state index contributed by atoms with van der Waals surface area (Å²) >= 11 is 7.28. The van der Waals surface area contributed by atoms with Crippen LogP contribution in [0.2, 0.25) is 0 Å². The number of carbonyl (C=O) groups is 1. The standard InChI is InChI=1S/C14H21ClN2OS/c1-2-5-12-6-3-4-7-17(12)14(18)8-13-16-11(9-15)10-19-13/h10,12H,2-9H2,1H3. The first-order valence-electron chi connectivity index (χ1n) is 7.03. The van der Waals surface area contributed by atoms with Gasteiger partial charge in [0, 0.05) is 18.0 Å². The average Bonchev–Trinajstić information content (AvgIpc) is 2.87. The van der Waals surface area contributed by atoms with Gasteiger partial charge in [-0.25, -0.2) is 4.98 Å². The van der Waals surface area contributed by atoms with E-state index in [0.717, 1.165) is 42.9 Å². The second-order valence-corrected chi connectivity index (χ2v) is 6.28. The molecule has 106 valence electrons. The quantitative estimate of drug-likeness (QED) is 0.778. The Morgan fingerprint density at radius 3 is 3.11 bits per heavy atom. The predicted octanol–water partition coefficient (Wildman–Crippen LogP) is 3.61. The molecular weight excluding hydrogens is 280 g/mol. The lowest BCUT2D eigenvalue weighted by atomic mass is 9.98. The van der Waals surface area contributed by atoms with Crippen molar-refractivity contribution in [3.8, 4) is 0 Å². The van der Waals surface area contributed by atoms with Crippen LogP contribution in [0.1, 0.15) is 49.7 Å². The van der Waals surface area contributed by atoms with E-state index in [1.807, 2.05) is 5.38 Å². The van der Waals surface area contributed by atoms with Crippen molar-refractivity contribution in [3.63, 3.8) is 0 Å². The van der Waals surface area contributed by atoms with Crippen molar-refractivity contribution in [3.05, 3.63) is 16.1 Å². The smallest absolute Gasteiger partial charge is 0.229 e. The summed E-state index contributed by atoms with van der Waals surface area (Å²) in [5.74, 6) is 0.654. The predicted molar refractivity (Wildman–Crippen MR) is 79.6 cm³/mol. The number of rotatable bonds is 5. The molecule has 2 heterocycles. The normalized spacial score (nSPS) is 19.7. The van der Waals surface area contributed by atoms with Crippen LogP contribution in [-0.2, 0) is 17.1 Å². The number of carbonyl (C=O) groups excluding carboxylic acids is 1. The van der Waals surface area contributed by atoms with Gasteiger partial charge in [0.05, 0.1) is 18.0 Å². The zero-order chi connectivity index (χ0) is 13.7. The highest BCUT2D eigenvalue weighted by Gasteiger charge is 2.26. The van der Waals surface area contributed by atoms with Crippen LogP contribution in [0.3, 0.4) is 0 Å². The minimum atomic E-state index is 0.230. The van der Waals surface area contributed by atoms with E-state index >= 15 is 0 Å². The summed E-state index contributed by atoms with van der Waals surface area (Å²) in [7, 11) is 0. The first kappa shape index (κ1) is 14.8. The van der Waals surface area contributed by atoms with Crippen molar-refractivity contribution >= 4 is 28.8 Å². The maximum atomic E-state index is 12.4. The largest absolute Gasteiger partial charge is 0.339 e. The molecule has 0 saturated carbocycles. The fourth-order valence-corrected chi connectivity index (χ4v) is 3.70. The SMILES string of the molecule is CCCC1CCCCN1C(=O)Cc1nc(CCl)cs1. The van der Waals surface area contributed by atoms with Crippen LogP contribution in [0.15, 0.2) is 5.38 Å². The Morgan fingerprint density at radius 2 is 2.42 bits per heavy atom. The summed E-state index contributed by atoms with van der Waals surface area (Å²) in [5, 5.41) is 2.83. The number of halogens is 1. The van der Waals surface area contributed by atoms with Gasteiger partial charge >= 0.3 is 0 Å². The summed E-state index contributed by atoms with van der Waals surface area (Å²) < 4.78 is 0. The monoisotopic (exact) mass is 300 g/mol. The Balaban J connectivity index is 1.96. The van der Waals surface area contributed by atoms with E-state index in [0.29, 0.717) is 18.3 Å². The van der Waals surface area contributed by atoms with E-state index in [1.54, 1.807) is 0 Å². The summed E-state index contributed by atoms with van der Waals surface area (Å²) in [6, 6.07) is 0.443. The topological polar surface area (TPSA) is 33.2 Å². The molecule has 5 heteroatoms. The third-order valence-corrected chi connectivity index (χ3v) is 4.78. The lowest BCUT2D eigenvalue weighted by Gasteiger charge is -2.35. The fourth-order valence-electron chi connectivity index (χ4n) is 2.68. The molecule has 0 radical (unpaired) electrons. The lowest BCUT2D eigenvalue weighted by Crippen LogP contribution is -2.44. The number of amides is 1. The van der Waals surface area contributed by atoms with Gasteiger partial charge in [0.1, 0.15) is 5.01 Å². The zero-order valence-corrected chi connectivity index (χ0v) is 13.0. The molecule has 1 fully saturated rings. The first-order valence-corrected chi connectivity index (χ1v) is 8.44. The zero-order valence-electron chi connectivity index (χ0n) is 11.4. The third-order valence-electron chi connectivity index (χ3n) is 3.61. The van der Waals surface area contributed by atoms with Crippen molar-refractivity contribution in [2.45, 2.75) is 57.4 Å². The van der Waals surface area contributed by atoms with E-state index in [-0.39, 0.29) is 5.91 Å². The number of hydrogen-bond donors (Lipinski definition) is 0. The van der Waals surface area contributed by atoms with E-state index in [1.165, 1.54) is 17.8 Å². The molecular formula is C14H21ClN2OS. The maximum absolute atomic E-state index is 12.4. The minimum absolute atomic E-state index is 0.230. The average molecular weight is 301 g/mol. The van der Waals surface area contributed by atoms with Crippen molar-refractivity contribution in [1.29, 1.82) is 0 Å². The van der Waals surface area contributed by atoms with Crippen molar-refractivity contribution in [2.75, 3.05) is 6.54 Å². The summed E-state index contributed by atoms with van der Waals surface area (Å²) in [6.45, 7) is 3.10. The van der Waals surface area contributed by atoms with Crippen molar-refractivity contribution < 1.29 is 4.79 Å². The van der Waals surface area contributed by atoms with E-state index < -0.39 is 0 Å². The molecule has 2 rings (SSSR count). The molecule has 1 atom stereocenters. The summed E-state index contributed by atoms with van der Waals surface area (Å²) in [4.78, 5) is 18.9. The van der Waals surface area contributed by atoms with Crippen LogP contribution >= 0.6 is 22.9 Å². The lowest BCUT2D eigenvalue weighted by molar-refractivity contribution is -0.134. The van der Waals surface area contributed by atoms with Gasteiger partial charge in [0.2, 0.25) is 5.91 Å². The van der Waals surface area contributed by atoms with Crippen molar-refractivity contribution in [1.82, 2.24) is 9.88 Å². The molecule has 0 spiro atoms. The first-order chi connectivity index (χ1) is 9.24. The van der Waals surface area contributed by atoms with Crippen LogP contribution < -0.4 is 0 Å². The van der Waals surface area contributed by atoms with Crippen LogP contribution in [0.4, 0.5) is 0 Å². The molecule has 1 unspecified atom stereocenters. The van der Waals surface area contributed by atoms with Gasteiger partial charge in [-0.15, -0.1) is 22.9 Å². The van der Waals surface area contributed by atoms with Gasteiger partial charge < -0.3 is 4.90 Å². The van der Waals surface area contributed by atoms with Crippen LogP contribution in [0, 0.1) is 0 Å². The molecule has 0 N–H and O–H groups in total. The Morgan fingerprint density at radius 1 is 1.58 bits per heavy atom. The van der Waals surface area contributed by atoms with Gasteiger partial charge in [-0.05, 0) is 25.7 Å². The van der Waals surface area contributed by atoms with Crippen molar-refractivity contribution in [2.24, 2.45) is 0 Å². The molecule has 0 aliphatic carbocycles. The van der Waals surface area contributed by atoms with Gasteiger partial charge in [0.25, 0.3) is 0 Å². The molecule has 1 aromatic rings. The summed E-state index contributed by atoms with van der Waals surface area (Å²) in [6.07, 6.45) is 6.24. The number of thiazole rings is 1. The number of aromatic nitrogens is 1. The Bertz CT molecular complexity index is 419. The molecule has 1 aromatic heterocycles. The Kier molecular flexibility index (Phi) is 5.64. The third kappa shape index (κ3) is 3.93. The Labute approximate surface area is 124 Å². The minimum Gasteiger partial charge on any atom is -0.339 e. The van der Waals surface area contributed by atoms with E-state index in [9.17, 15) is 4.79 Å². The van der Waals surface area contributed by atoms with Gasteiger partial charge in [0.15, 0.2) is 0 Å². The van der Waals surface area contributed by atoms with Gasteiger partial charge in [-0.2, -0.15) is 0 Å². The second kappa shape index (κ2) is 7.25. The van der Waals surface area contributed by atoms with Crippen LogP contribution in [0.5, 0.6) is 0 Å². The Hall–Kier alpha value is -0.610. The molecule has 1 amide bonds. The maximum Gasteiger partial charge on any atom is 0.229 e. The highest BCUT2D eigenvalue weighted by molar-refractivity contribution is 7.09. The van der Waals surface area contributed by atoms with Crippen LogP contribution in [0.25, 0.3) is 0 Å². The summed E-state index contributed by atoms with van der Waals surface area (Å²) in [5.41, 5.74) is 0.873. The number of nitrogens with zero attached hydrogens (tertiary/aromatic N) is 2.